The van der Waals surface area contributed by atoms with Gasteiger partial charge in [-0.15, -0.1) is 11.8 Å². The van der Waals surface area contributed by atoms with Crippen molar-refractivity contribution < 1.29 is 9.59 Å². The largest absolute Gasteiger partial charge is 0.378 e. The van der Waals surface area contributed by atoms with Crippen molar-refractivity contribution in [2.24, 2.45) is 0 Å². The highest BCUT2D eigenvalue weighted by Crippen LogP contribution is 2.42. The van der Waals surface area contributed by atoms with Crippen molar-refractivity contribution >= 4 is 52.2 Å². The fraction of sp³-hybridized carbons (Fsp3) is 0.167. The lowest BCUT2D eigenvalue weighted by molar-refractivity contribution is -0.115. The number of carbonyl (C=O) groups excluding carboxylic acids is 2. The molecular formula is C24H22ClN3O2S. The molecule has 3 aromatic carbocycles. The molecule has 158 valence electrons. The van der Waals surface area contributed by atoms with Gasteiger partial charge in [-0.25, -0.2) is 0 Å². The Kier molecular flexibility index (Phi) is 6.20. The number of carbonyl (C=O) groups is 2. The van der Waals surface area contributed by atoms with Gasteiger partial charge in [-0.1, -0.05) is 29.8 Å². The Morgan fingerprint density at radius 2 is 1.81 bits per heavy atom. The Balaban J connectivity index is 1.57. The molecule has 3 aromatic rings. The van der Waals surface area contributed by atoms with E-state index >= 15 is 0 Å². The maximum atomic E-state index is 12.7. The van der Waals surface area contributed by atoms with Crippen LogP contribution in [0, 0.1) is 0 Å². The lowest BCUT2D eigenvalue weighted by Gasteiger charge is -2.25. The SMILES string of the molecule is CN(C)c1ccc(N2C(=O)CSC2c2cccc(NC(=O)c3cccc(Cl)c3)c2)cc1. The van der Waals surface area contributed by atoms with E-state index in [1.807, 2.05) is 72.4 Å². The highest BCUT2D eigenvalue weighted by Gasteiger charge is 2.34. The number of hydrogen-bond acceptors (Lipinski definition) is 4. The van der Waals surface area contributed by atoms with Gasteiger partial charge in [0.05, 0.1) is 5.75 Å². The fourth-order valence-electron chi connectivity index (χ4n) is 3.46. The molecule has 0 spiro atoms. The Morgan fingerprint density at radius 1 is 1.06 bits per heavy atom. The van der Waals surface area contributed by atoms with E-state index in [1.54, 1.807) is 36.0 Å². The van der Waals surface area contributed by atoms with Crippen LogP contribution in [-0.2, 0) is 4.79 Å². The van der Waals surface area contributed by atoms with Crippen LogP contribution in [0.5, 0.6) is 0 Å². The van der Waals surface area contributed by atoms with E-state index in [1.165, 1.54) is 0 Å². The van der Waals surface area contributed by atoms with Gasteiger partial charge in [-0.3, -0.25) is 14.5 Å². The predicted octanol–water partition coefficient (Wildman–Crippen LogP) is 5.44. The van der Waals surface area contributed by atoms with E-state index in [0.717, 1.165) is 16.9 Å². The molecule has 7 heteroatoms. The van der Waals surface area contributed by atoms with Gasteiger partial charge < -0.3 is 10.2 Å². The Hall–Kier alpha value is -2.96. The smallest absolute Gasteiger partial charge is 0.255 e. The van der Waals surface area contributed by atoms with E-state index in [2.05, 4.69) is 5.32 Å². The van der Waals surface area contributed by atoms with Crippen molar-refractivity contribution in [3.05, 3.63) is 88.9 Å². The summed E-state index contributed by atoms with van der Waals surface area (Å²) in [5, 5.41) is 3.28. The highest BCUT2D eigenvalue weighted by molar-refractivity contribution is 8.00. The maximum absolute atomic E-state index is 12.7. The molecule has 1 atom stereocenters. The molecule has 1 aliphatic heterocycles. The second kappa shape index (κ2) is 9.04. The van der Waals surface area contributed by atoms with Crippen molar-refractivity contribution in [1.29, 1.82) is 0 Å². The average molecular weight is 452 g/mol. The van der Waals surface area contributed by atoms with Gasteiger partial charge in [0.25, 0.3) is 5.91 Å². The number of halogens is 1. The minimum atomic E-state index is -0.231. The molecule has 5 nitrogen and oxygen atoms in total. The van der Waals surface area contributed by atoms with E-state index in [9.17, 15) is 9.59 Å². The average Bonchev–Trinajstić information content (AvgIpc) is 3.15. The van der Waals surface area contributed by atoms with Crippen LogP contribution in [-0.4, -0.2) is 31.7 Å². The van der Waals surface area contributed by atoms with Crippen LogP contribution >= 0.6 is 23.4 Å². The van der Waals surface area contributed by atoms with E-state index in [-0.39, 0.29) is 17.2 Å². The molecule has 1 aliphatic rings. The molecule has 2 amide bonds. The summed E-state index contributed by atoms with van der Waals surface area (Å²) in [6, 6.07) is 22.4. The summed E-state index contributed by atoms with van der Waals surface area (Å²) in [5.41, 5.74) is 4.05. The molecule has 1 saturated heterocycles. The molecule has 0 radical (unpaired) electrons. The van der Waals surface area contributed by atoms with Gasteiger partial charge in [0.15, 0.2) is 0 Å². The summed E-state index contributed by atoms with van der Waals surface area (Å²) in [6.45, 7) is 0. The first-order chi connectivity index (χ1) is 14.9. The summed E-state index contributed by atoms with van der Waals surface area (Å²) in [4.78, 5) is 29.1. The topological polar surface area (TPSA) is 52.6 Å². The molecule has 0 aromatic heterocycles. The quantitative estimate of drug-likeness (QED) is 0.561. The number of rotatable bonds is 5. The number of hydrogen-bond donors (Lipinski definition) is 1. The summed E-state index contributed by atoms with van der Waals surface area (Å²) in [6.07, 6.45) is 0. The van der Waals surface area contributed by atoms with Crippen LogP contribution in [0.3, 0.4) is 0 Å². The van der Waals surface area contributed by atoms with Crippen LogP contribution in [0.15, 0.2) is 72.8 Å². The zero-order valence-corrected chi connectivity index (χ0v) is 18.8. The summed E-state index contributed by atoms with van der Waals surface area (Å²) in [5.74, 6) is 0.256. The first-order valence-corrected chi connectivity index (χ1v) is 11.2. The van der Waals surface area contributed by atoms with Gasteiger partial charge in [-0.2, -0.15) is 0 Å². The molecule has 4 rings (SSSR count). The second-order valence-corrected chi connectivity index (χ2v) is 8.93. The number of thioether (sulfide) groups is 1. The van der Waals surface area contributed by atoms with Crippen molar-refractivity contribution in [2.75, 3.05) is 35.0 Å². The van der Waals surface area contributed by atoms with E-state index in [4.69, 9.17) is 11.6 Å². The first kappa shape index (κ1) is 21.3. The van der Waals surface area contributed by atoms with Gasteiger partial charge in [0.2, 0.25) is 5.91 Å². The van der Waals surface area contributed by atoms with Crippen LogP contribution in [0.1, 0.15) is 21.3 Å². The third-order valence-electron chi connectivity index (χ3n) is 5.03. The molecule has 1 unspecified atom stereocenters. The molecule has 1 fully saturated rings. The summed E-state index contributed by atoms with van der Waals surface area (Å²) >= 11 is 7.57. The number of amides is 2. The Bertz CT molecular complexity index is 1120. The standard InChI is InChI=1S/C24H22ClN3O2S/c1-27(2)20-9-11-21(12-10-20)28-22(29)15-31-24(28)17-6-4-8-19(14-17)26-23(30)16-5-3-7-18(25)13-16/h3-14,24H,15H2,1-2H3,(H,26,30). The maximum Gasteiger partial charge on any atom is 0.255 e. The summed E-state index contributed by atoms with van der Waals surface area (Å²) < 4.78 is 0. The number of benzene rings is 3. The zero-order valence-electron chi connectivity index (χ0n) is 17.2. The molecule has 0 aliphatic carbocycles. The molecule has 1 heterocycles. The van der Waals surface area contributed by atoms with Crippen LogP contribution in [0.25, 0.3) is 0 Å². The van der Waals surface area contributed by atoms with Gasteiger partial charge in [-0.05, 0) is 60.2 Å². The lowest BCUT2D eigenvalue weighted by atomic mass is 10.1. The molecular weight excluding hydrogens is 430 g/mol. The van der Waals surface area contributed by atoms with Crippen LogP contribution in [0.2, 0.25) is 5.02 Å². The van der Waals surface area contributed by atoms with Gasteiger partial charge in [0, 0.05) is 41.7 Å². The minimum Gasteiger partial charge on any atom is -0.378 e. The number of anilines is 3. The first-order valence-electron chi connectivity index (χ1n) is 9.80. The summed E-state index contributed by atoms with van der Waals surface area (Å²) in [7, 11) is 3.97. The molecule has 1 N–H and O–H groups in total. The van der Waals surface area contributed by atoms with Crippen molar-refractivity contribution in [3.63, 3.8) is 0 Å². The Morgan fingerprint density at radius 3 is 2.52 bits per heavy atom. The number of nitrogens with zero attached hydrogens (tertiary/aromatic N) is 2. The molecule has 0 saturated carbocycles. The van der Waals surface area contributed by atoms with E-state index in [0.29, 0.717) is 22.0 Å². The second-order valence-electron chi connectivity index (χ2n) is 7.43. The fourth-order valence-corrected chi connectivity index (χ4v) is 4.82. The van der Waals surface area contributed by atoms with Crippen molar-refractivity contribution in [3.8, 4) is 0 Å². The minimum absolute atomic E-state index is 0.0703. The zero-order chi connectivity index (χ0) is 22.0. The third-order valence-corrected chi connectivity index (χ3v) is 6.48. The normalized spacial score (nSPS) is 15.8. The predicted molar refractivity (Wildman–Crippen MR) is 129 cm³/mol. The van der Waals surface area contributed by atoms with Crippen LogP contribution in [0.4, 0.5) is 17.1 Å². The highest BCUT2D eigenvalue weighted by atomic mass is 35.5. The van der Waals surface area contributed by atoms with Crippen LogP contribution < -0.4 is 15.1 Å². The molecule has 0 bridgehead atoms. The van der Waals surface area contributed by atoms with Gasteiger partial charge in [0.1, 0.15) is 5.37 Å². The van der Waals surface area contributed by atoms with Gasteiger partial charge >= 0.3 is 0 Å². The van der Waals surface area contributed by atoms with E-state index < -0.39 is 0 Å². The molecule has 31 heavy (non-hydrogen) atoms. The third kappa shape index (κ3) is 4.70. The monoisotopic (exact) mass is 451 g/mol. The van der Waals surface area contributed by atoms with Crippen molar-refractivity contribution in [1.82, 2.24) is 0 Å². The lowest BCUT2D eigenvalue weighted by Crippen LogP contribution is -2.27. The number of nitrogens with one attached hydrogen (secondary N) is 1. The Labute approximate surface area is 191 Å². The van der Waals surface area contributed by atoms with Crippen molar-refractivity contribution in [2.45, 2.75) is 5.37 Å².